The highest BCUT2D eigenvalue weighted by Gasteiger charge is 2.17. The summed E-state index contributed by atoms with van der Waals surface area (Å²) < 4.78 is 5.72. The van der Waals surface area contributed by atoms with E-state index in [-0.39, 0.29) is 12.0 Å². The van der Waals surface area contributed by atoms with E-state index in [0.717, 1.165) is 5.75 Å². The molecule has 0 aliphatic carbocycles. The van der Waals surface area contributed by atoms with Crippen LogP contribution in [0.3, 0.4) is 0 Å². The van der Waals surface area contributed by atoms with Gasteiger partial charge in [-0.25, -0.2) is 0 Å². The second-order valence-corrected chi connectivity index (χ2v) is 6.14. The number of hydrogen-bond donors (Lipinski definition) is 1. The number of rotatable bonds is 7. The van der Waals surface area contributed by atoms with Gasteiger partial charge in [-0.3, -0.25) is 4.90 Å². The van der Waals surface area contributed by atoms with Crippen molar-refractivity contribution in [3.05, 3.63) is 35.1 Å². The molecule has 2 N–H and O–H groups in total. The van der Waals surface area contributed by atoms with E-state index in [4.69, 9.17) is 22.1 Å². The number of halogens is 1. The summed E-state index contributed by atoms with van der Waals surface area (Å²) in [5, 5.41) is 0.692. The maximum absolute atomic E-state index is 5.86. The van der Waals surface area contributed by atoms with Crippen LogP contribution in [0.25, 0.3) is 0 Å². The topological polar surface area (TPSA) is 80.4 Å². The van der Waals surface area contributed by atoms with E-state index in [1.54, 1.807) is 17.0 Å². The Kier molecular flexibility index (Phi) is 6.16. The first-order valence-electron chi connectivity index (χ1n) is 7.64. The molecule has 0 saturated carbocycles. The predicted molar refractivity (Wildman–Crippen MR) is 96.6 cm³/mol. The molecule has 1 aromatic carbocycles. The zero-order valence-corrected chi connectivity index (χ0v) is 15.2. The second-order valence-electron chi connectivity index (χ2n) is 5.71. The third-order valence-electron chi connectivity index (χ3n) is 3.62. The average Bonchev–Trinajstić information content (AvgIpc) is 2.55. The third kappa shape index (κ3) is 4.94. The van der Waals surface area contributed by atoms with E-state index in [1.165, 1.54) is 0 Å². The van der Waals surface area contributed by atoms with E-state index in [1.807, 2.05) is 40.2 Å². The van der Waals surface area contributed by atoms with Crippen molar-refractivity contribution >= 4 is 23.5 Å². The normalized spacial score (nSPS) is 12.2. The van der Waals surface area contributed by atoms with Gasteiger partial charge in [-0.05, 0) is 38.2 Å². The molecule has 8 heteroatoms. The van der Waals surface area contributed by atoms with Crippen molar-refractivity contribution in [1.29, 1.82) is 0 Å². The molecular formula is C16H23ClN6O. The molecule has 2 aromatic rings. The number of ether oxygens (including phenoxy) is 1. The Bertz CT molecular complexity index is 664. The molecule has 0 spiro atoms. The lowest BCUT2D eigenvalue weighted by atomic mass is 10.3. The van der Waals surface area contributed by atoms with Crippen molar-refractivity contribution in [2.24, 2.45) is 0 Å². The van der Waals surface area contributed by atoms with Crippen LogP contribution in [0.1, 0.15) is 18.8 Å². The highest BCUT2D eigenvalue weighted by atomic mass is 35.5. The van der Waals surface area contributed by atoms with E-state index < -0.39 is 0 Å². The zero-order valence-electron chi connectivity index (χ0n) is 14.4. The maximum Gasteiger partial charge on any atom is 0.229 e. The van der Waals surface area contributed by atoms with Crippen LogP contribution in [0.15, 0.2) is 24.3 Å². The van der Waals surface area contributed by atoms with E-state index in [0.29, 0.717) is 29.9 Å². The molecule has 24 heavy (non-hydrogen) atoms. The minimum absolute atomic E-state index is 0.0113. The monoisotopic (exact) mass is 350 g/mol. The number of aromatic nitrogens is 3. The van der Waals surface area contributed by atoms with Crippen molar-refractivity contribution in [2.45, 2.75) is 13.0 Å². The van der Waals surface area contributed by atoms with Gasteiger partial charge in [-0.1, -0.05) is 11.6 Å². The van der Waals surface area contributed by atoms with Crippen LogP contribution in [0.2, 0.25) is 5.02 Å². The van der Waals surface area contributed by atoms with Gasteiger partial charge in [0.2, 0.25) is 11.9 Å². The number of nitrogen functional groups attached to an aromatic ring is 1. The number of anilines is 2. The minimum Gasteiger partial charge on any atom is -0.492 e. The lowest BCUT2D eigenvalue weighted by Gasteiger charge is -2.24. The lowest BCUT2D eigenvalue weighted by molar-refractivity contribution is 0.196. The van der Waals surface area contributed by atoms with Gasteiger partial charge in [0.1, 0.15) is 12.4 Å². The van der Waals surface area contributed by atoms with Gasteiger partial charge in [0.05, 0.1) is 6.04 Å². The zero-order chi connectivity index (χ0) is 17.7. The third-order valence-corrected chi connectivity index (χ3v) is 3.87. The minimum atomic E-state index is -0.0113. The summed E-state index contributed by atoms with van der Waals surface area (Å²) in [5.41, 5.74) is 5.78. The molecule has 1 heterocycles. The Hall–Kier alpha value is -2.12. The van der Waals surface area contributed by atoms with Gasteiger partial charge < -0.3 is 15.4 Å². The Morgan fingerprint density at radius 3 is 2.42 bits per heavy atom. The summed E-state index contributed by atoms with van der Waals surface area (Å²) in [6.45, 7) is 3.28. The largest absolute Gasteiger partial charge is 0.492 e. The summed E-state index contributed by atoms with van der Waals surface area (Å²) in [4.78, 5) is 16.7. The molecule has 0 saturated heterocycles. The van der Waals surface area contributed by atoms with Gasteiger partial charge in [-0.15, -0.1) is 0 Å². The molecule has 130 valence electrons. The molecule has 7 nitrogen and oxygen atoms in total. The molecule has 1 atom stereocenters. The molecule has 0 amide bonds. The molecule has 0 fully saturated rings. The smallest absolute Gasteiger partial charge is 0.229 e. The lowest BCUT2D eigenvalue weighted by Crippen LogP contribution is -2.29. The maximum atomic E-state index is 5.86. The van der Waals surface area contributed by atoms with Crippen LogP contribution in [0.5, 0.6) is 5.75 Å². The summed E-state index contributed by atoms with van der Waals surface area (Å²) in [5.74, 6) is 2.21. The quantitative estimate of drug-likeness (QED) is 0.820. The Morgan fingerprint density at radius 2 is 1.79 bits per heavy atom. The van der Waals surface area contributed by atoms with Crippen LogP contribution in [0.4, 0.5) is 11.9 Å². The number of likely N-dealkylation sites (N-methyl/N-ethyl adjacent to an activating group) is 1. The summed E-state index contributed by atoms with van der Waals surface area (Å²) in [6.07, 6.45) is 0. The Labute approximate surface area is 147 Å². The highest BCUT2D eigenvalue weighted by Crippen LogP contribution is 2.18. The van der Waals surface area contributed by atoms with Crippen molar-refractivity contribution in [3.8, 4) is 5.75 Å². The van der Waals surface area contributed by atoms with Gasteiger partial charge in [0, 0.05) is 25.7 Å². The molecule has 0 aliphatic rings. The highest BCUT2D eigenvalue weighted by molar-refractivity contribution is 6.30. The molecule has 0 bridgehead atoms. The van der Waals surface area contributed by atoms with Gasteiger partial charge in [0.15, 0.2) is 5.82 Å². The van der Waals surface area contributed by atoms with Crippen LogP contribution < -0.4 is 15.4 Å². The van der Waals surface area contributed by atoms with Gasteiger partial charge >= 0.3 is 0 Å². The molecule has 2 rings (SSSR count). The van der Waals surface area contributed by atoms with Crippen LogP contribution in [0, 0.1) is 0 Å². The molecule has 0 aliphatic heterocycles. The fraction of sp³-hybridized carbons (Fsp3) is 0.438. The number of nitrogens with zero attached hydrogens (tertiary/aromatic N) is 5. The fourth-order valence-corrected chi connectivity index (χ4v) is 2.14. The summed E-state index contributed by atoms with van der Waals surface area (Å²) in [7, 11) is 5.73. The van der Waals surface area contributed by atoms with Crippen LogP contribution in [-0.2, 0) is 0 Å². The summed E-state index contributed by atoms with van der Waals surface area (Å²) in [6, 6.07) is 7.30. The summed E-state index contributed by atoms with van der Waals surface area (Å²) >= 11 is 5.86. The molecule has 0 radical (unpaired) electrons. The standard InChI is InChI=1S/C16H23ClN6O/c1-11(14-19-15(18)21-16(20-14)22(2)3)23(4)9-10-24-13-7-5-12(17)6-8-13/h5-8,11H,9-10H2,1-4H3,(H2,18,19,20,21)/t11-/m1/s1. The van der Waals surface area contributed by atoms with Crippen LogP contribution in [-0.4, -0.2) is 54.1 Å². The number of nitrogens with two attached hydrogens (primary N) is 1. The Morgan fingerprint density at radius 1 is 1.12 bits per heavy atom. The van der Waals surface area contributed by atoms with E-state index in [9.17, 15) is 0 Å². The van der Waals surface area contributed by atoms with Crippen molar-refractivity contribution in [1.82, 2.24) is 19.9 Å². The Balaban J connectivity index is 1.94. The number of hydrogen-bond acceptors (Lipinski definition) is 7. The van der Waals surface area contributed by atoms with E-state index >= 15 is 0 Å². The molecule has 1 aromatic heterocycles. The first kappa shape index (κ1) is 18.2. The van der Waals surface area contributed by atoms with Crippen molar-refractivity contribution < 1.29 is 4.74 Å². The van der Waals surface area contributed by atoms with Crippen molar-refractivity contribution in [2.75, 3.05) is 44.9 Å². The van der Waals surface area contributed by atoms with Gasteiger partial charge in [0.25, 0.3) is 0 Å². The average molecular weight is 351 g/mol. The molecule has 0 unspecified atom stereocenters. The number of benzene rings is 1. The second kappa shape index (κ2) is 8.12. The first-order chi connectivity index (χ1) is 11.4. The van der Waals surface area contributed by atoms with Crippen LogP contribution >= 0.6 is 11.6 Å². The fourth-order valence-electron chi connectivity index (χ4n) is 2.01. The van der Waals surface area contributed by atoms with E-state index in [2.05, 4.69) is 19.9 Å². The predicted octanol–water partition coefficient (Wildman–Crippen LogP) is 2.25. The first-order valence-corrected chi connectivity index (χ1v) is 8.02. The SMILES string of the molecule is C[C@H](c1nc(N)nc(N(C)C)n1)N(C)CCOc1ccc(Cl)cc1. The van der Waals surface area contributed by atoms with Crippen molar-refractivity contribution in [3.63, 3.8) is 0 Å². The molecular weight excluding hydrogens is 328 g/mol. The van der Waals surface area contributed by atoms with Gasteiger partial charge in [-0.2, -0.15) is 15.0 Å².